The summed E-state index contributed by atoms with van der Waals surface area (Å²) >= 11 is 0. The summed E-state index contributed by atoms with van der Waals surface area (Å²) in [5.74, 6) is -1.31. The number of halogens is 2. The monoisotopic (exact) mass is 275 g/mol. The summed E-state index contributed by atoms with van der Waals surface area (Å²) < 4.78 is 27.3. The van der Waals surface area contributed by atoms with Crippen molar-refractivity contribution in [3.63, 3.8) is 0 Å². The third-order valence-corrected chi connectivity index (χ3v) is 2.80. The van der Waals surface area contributed by atoms with E-state index >= 15 is 0 Å². The molecule has 0 spiro atoms. The van der Waals surface area contributed by atoms with Crippen molar-refractivity contribution in [2.24, 2.45) is 0 Å². The van der Waals surface area contributed by atoms with E-state index in [1.165, 1.54) is 12.3 Å². The van der Waals surface area contributed by atoms with Gasteiger partial charge in [0.25, 0.3) is 0 Å². The number of pyridine rings is 1. The van der Waals surface area contributed by atoms with Gasteiger partial charge in [-0.2, -0.15) is 0 Å². The molecule has 1 heterocycles. The Balaban J connectivity index is 2.80. The molecule has 1 aromatic heterocycles. The Morgan fingerprint density at radius 2 is 2.05 bits per heavy atom. The Kier molecular flexibility index (Phi) is 3.98. The van der Waals surface area contributed by atoms with Crippen LogP contribution >= 0.6 is 0 Å². The summed E-state index contributed by atoms with van der Waals surface area (Å²) in [5.41, 5.74) is 2.10. The minimum atomic E-state index is -0.674. The Bertz CT molecular complexity index is 693. The highest BCUT2D eigenvalue weighted by atomic mass is 19.1. The van der Waals surface area contributed by atoms with Crippen LogP contribution in [0.3, 0.4) is 0 Å². The Morgan fingerprint density at radius 3 is 2.70 bits per heavy atom. The van der Waals surface area contributed by atoms with Gasteiger partial charge in [0.1, 0.15) is 11.3 Å². The van der Waals surface area contributed by atoms with Gasteiger partial charge >= 0.3 is 0 Å². The van der Waals surface area contributed by atoms with Crippen molar-refractivity contribution in [2.75, 3.05) is 7.05 Å². The molecule has 2 N–H and O–H groups in total. The Labute approximate surface area is 116 Å². The lowest BCUT2D eigenvalue weighted by molar-refractivity contribution is 0.590. The normalized spacial score (nSPS) is 11.5. The molecule has 20 heavy (non-hydrogen) atoms. The fourth-order valence-electron chi connectivity index (χ4n) is 2.05. The van der Waals surface area contributed by atoms with Crippen LogP contribution in [0.25, 0.3) is 16.6 Å². The largest absolute Gasteiger partial charge is 0.392 e. The molecule has 0 unspecified atom stereocenters. The quantitative estimate of drug-likeness (QED) is 0.900. The summed E-state index contributed by atoms with van der Waals surface area (Å²) in [4.78, 5) is 4.14. The van der Waals surface area contributed by atoms with Crippen molar-refractivity contribution >= 4 is 16.6 Å². The summed E-state index contributed by atoms with van der Waals surface area (Å²) in [5, 5.41) is 6.24. The molecule has 0 aliphatic rings. The van der Waals surface area contributed by atoms with Crippen LogP contribution in [0.1, 0.15) is 11.3 Å². The van der Waals surface area contributed by atoms with E-state index < -0.39 is 11.6 Å². The van der Waals surface area contributed by atoms with Gasteiger partial charge in [0.05, 0.1) is 5.70 Å². The Hall–Kier alpha value is -2.43. The van der Waals surface area contributed by atoms with Crippen molar-refractivity contribution in [2.45, 2.75) is 6.92 Å². The van der Waals surface area contributed by atoms with Gasteiger partial charge in [-0.05, 0) is 25.3 Å². The van der Waals surface area contributed by atoms with Gasteiger partial charge in [0.2, 0.25) is 0 Å². The third-order valence-electron chi connectivity index (χ3n) is 2.80. The number of nitrogens with zero attached hydrogens (tertiary/aromatic N) is 1. The lowest BCUT2D eigenvalue weighted by atomic mass is 10.0. The zero-order valence-electron chi connectivity index (χ0n) is 11.3. The summed E-state index contributed by atoms with van der Waals surface area (Å²) in [6.07, 6.45) is 3.19. The molecular weight excluding hydrogens is 260 g/mol. The second kappa shape index (κ2) is 5.69. The molecule has 0 saturated carbocycles. The first-order valence-electron chi connectivity index (χ1n) is 6.08. The average molecular weight is 275 g/mol. The molecule has 0 saturated heterocycles. The molecule has 0 fully saturated rings. The number of hydrogen-bond acceptors (Lipinski definition) is 3. The molecule has 0 bridgehead atoms. The number of hydrogen-bond donors (Lipinski definition) is 2. The smallest absolute Gasteiger partial charge is 0.152 e. The predicted molar refractivity (Wildman–Crippen MR) is 76.8 cm³/mol. The van der Waals surface area contributed by atoms with Gasteiger partial charge in [-0.3, -0.25) is 0 Å². The fourth-order valence-corrected chi connectivity index (χ4v) is 2.05. The molecule has 2 aromatic rings. The third kappa shape index (κ3) is 2.61. The highest BCUT2D eigenvalue weighted by molar-refractivity contribution is 5.91. The van der Waals surface area contributed by atoms with E-state index in [2.05, 4.69) is 22.2 Å². The zero-order valence-corrected chi connectivity index (χ0v) is 11.3. The number of aromatic nitrogens is 1. The number of aryl methyl sites for hydroxylation is 1. The van der Waals surface area contributed by atoms with E-state index in [0.29, 0.717) is 22.3 Å². The fraction of sp³-hybridized carbons (Fsp3) is 0.133. The van der Waals surface area contributed by atoms with Crippen molar-refractivity contribution < 1.29 is 8.78 Å². The summed E-state index contributed by atoms with van der Waals surface area (Å²) in [6.45, 7) is 5.36. The molecule has 0 atom stereocenters. The highest BCUT2D eigenvalue weighted by Gasteiger charge is 2.13. The zero-order chi connectivity index (χ0) is 14.7. The molecule has 0 amide bonds. The van der Waals surface area contributed by atoms with Crippen LogP contribution in [0, 0.1) is 18.6 Å². The highest BCUT2D eigenvalue weighted by Crippen LogP contribution is 2.26. The van der Waals surface area contributed by atoms with Gasteiger partial charge in [0.15, 0.2) is 5.82 Å². The first kappa shape index (κ1) is 14.0. The number of nitrogens with one attached hydrogen (secondary N) is 2. The van der Waals surface area contributed by atoms with Crippen LogP contribution in [-0.2, 0) is 0 Å². The van der Waals surface area contributed by atoms with Crippen LogP contribution in [-0.4, -0.2) is 12.0 Å². The van der Waals surface area contributed by atoms with E-state index in [9.17, 15) is 8.78 Å². The molecule has 2 rings (SSSR count). The molecule has 0 aliphatic carbocycles. The predicted octanol–water partition coefficient (Wildman–Crippen LogP) is 3.07. The molecule has 0 radical (unpaired) electrons. The number of fused-ring (bicyclic) bond motifs is 1. The number of rotatable bonds is 4. The maximum Gasteiger partial charge on any atom is 0.152 e. The van der Waals surface area contributed by atoms with Crippen LogP contribution in [0.4, 0.5) is 8.78 Å². The lowest BCUT2D eigenvalue weighted by Crippen LogP contribution is -2.09. The second-order valence-corrected chi connectivity index (χ2v) is 4.29. The van der Waals surface area contributed by atoms with Crippen LogP contribution in [0.5, 0.6) is 0 Å². The molecular formula is C15H15F2N3. The Morgan fingerprint density at radius 1 is 1.30 bits per heavy atom. The lowest BCUT2D eigenvalue weighted by Gasteiger charge is -2.12. The van der Waals surface area contributed by atoms with Crippen molar-refractivity contribution in [3.8, 4) is 0 Å². The van der Waals surface area contributed by atoms with Gasteiger partial charge < -0.3 is 10.6 Å². The van der Waals surface area contributed by atoms with Crippen molar-refractivity contribution in [1.29, 1.82) is 0 Å². The van der Waals surface area contributed by atoms with Crippen LogP contribution in [0.2, 0.25) is 0 Å². The SMILES string of the molecule is C=CN/C(=C\NC)c1cc(C)nc2c(F)cc(F)cc12. The van der Waals surface area contributed by atoms with E-state index in [-0.39, 0.29) is 5.52 Å². The van der Waals surface area contributed by atoms with E-state index in [1.54, 1.807) is 26.2 Å². The minimum absolute atomic E-state index is 0.147. The van der Waals surface area contributed by atoms with E-state index in [4.69, 9.17) is 0 Å². The molecule has 0 aliphatic heterocycles. The molecule has 5 heteroatoms. The van der Waals surface area contributed by atoms with E-state index in [1.807, 2.05) is 0 Å². The second-order valence-electron chi connectivity index (χ2n) is 4.29. The minimum Gasteiger partial charge on any atom is -0.392 e. The van der Waals surface area contributed by atoms with Crippen LogP contribution in [0.15, 0.2) is 37.2 Å². The average Bonchev–Trinajstić information content (AvgIpc) is 2.39. The summed E-state index contributed by atoms with van der Waals surface area (Å²) in [6, 6.07) is 3.87. The maximum atomic E-state index is 13.9. The standard InChI is InChI=1S/C15H15F2N3/c1-4-19-14(8-18-3)11-5-9(2)20-15-12(11)6-10(16)7-13(15)17/h4-8,18-19H,1H2,2-3H3/b14-8-. The summed E-state index contributed by atoms with van der Waals surface area (Å²) in [7, 11) is 1.74. The first-order valence-corrected chi connectivity index (χ1v) is 6.08. The van der Waals surface area contributed by atoms with Gasteiger partial charge in [0, 0.05) is 36.0 Å². The first-order chi connectivity index (χ1) is 9.56. The topological polar surface area (TPSA) is 37.0 Å². The van der Waals surface area contributed by atoms with Gasteiger partial charge in [-0.25, -0.2) is 13.8 Å². The molecule has 1 aromatic carbocycles. The maximum absolute atomic E-state index is 13.9. The molecule has 3 nitrogen and oxygen atoms in total. The van der Waals surface area contributed by atoms with Gasteiger partial charge in [-0.1, -0.05) is 6.58 Å². The van der Waals surface area contributed by atoms with Crippen molar-refractivity contribution in [1.82, 2.24) is 15.6 Å². The number of benzene rings is 1. The van der Waals surface area contributed by atoms with E-state index in [0.717, 1.165) is 6.07 Å². The van der Waals surface area contributed by atoms with Crippen LogP contribution < -0.4 is 10.6 Å². The molecule has 104 valence electrons. The van der Waals surface area contributed by atoms with Gasteiger partial charge in [-0.15, -0.1) is 0 Å². The van der Waals surface area contributed by atoms with Crippen molar-refractivity contribution in [3.05, 3.63) is 60.1 Å².